The molecule has 0 spiro atoms. The molecule has 1 aromatic rings. The van der Waals surface area contributed by atoms with Crippen molar-refractivity contribution in [3.63, 3.8) is 0 Å². The number of anilines is 1. The second-order valence-corrected chi connectivity index (χ2v) is 4.48. The van der Waals surface area contributed by atoms with Gasteiger partial charge in [-0.15, -0.1) is 0 Å². The quantitative estimate of drug-likeness (QED) is 0.756. The first-order valence-electron chi connectivity index (χ1n) is 6.04. The summed E-state index contributed by atoms with van der Waals surface area (Å²) in [4.78, 5) is 22.4. The van der Waals surface area contributed by atoms with Crippen molar-refractivity contribution in [3.8, 4) is 0 Å². The van der Waals surface area contributed by atoms with Crippen LogP contribution in [0.15, 0.2) is 24.3 Å². The number of carbonyl (C=O) groups is 2. The Hall–Kier alpha value is -2.04. The number of rotatable bonds is 4. The Morgan fingerprint density at radius 2 is 2.11 bits per heavy atom. The lowest BCUT2D eigenvalue weighted by atomic mass is 10.2. The van der Waals surface area contributed by atoms with Crippen LogP contribution in [-0.4, -0.2) is 18.0 Å². The van der Waals surface area contributed by atoms with Gasteiger partial charge in [0, 0.05) is 25.2 Å². The summed E-state index contributed by atoms with van der Waals surface area (Å²) in [7, 11) is 0. The second-order valence-electron chi connectivity index (χ2n) is 4.48. The fourth-order valence-corrected chi connectivity index (χ4v) is 1.61. The molecule has 0 saturated heterocycles. The number of hydrogen-bond acceptors (Lipinski definition) is 2. The normalized spacial score (nSPS) is 13.8. The summed E-state index contributed by atoms with van der Waals surface area (Å²) >= 11 is 0. The van der Waals surface area contributed by atoms with Crippen LogP contribution in [0, 0.1) is 0 Å². The van der Waals surface area contributed by atoms with E-state index in [2.05, 4.69) is 16.0 Å². The zero-order chi connectivity index (χ0) is 13.0. The Bertz CT molecular complexity index is 455. The van der Waals surface area contributed by atoms with Gasteiger partial charge >= 0.3 is 6.03 Å². The van der Waals surface area contributed by atoms with Crippen LogP contribution in [-0.2, 0) is 11.3 Å². The van der Waals surface area contributed by atoms with Gasteiger partial charge < -0.3 is 16.0 Å². The minimum Gasteiger partial charge on any atom is -0.335 e. The van der Waals surface area contributed by atoms with Gasteiger partial charge in [0.1, 0.15) is 0 Å². The highest BCUT2D eigenvalue weighted by atomic mass is 16.2. The van der Waals surface area contributed by atoms with Crippen LogP contribution in [0.2, 0.25) is 0 Å². The molecule has 96 valence electrons. The summed E-state index contributed by atoms with van der Waals surface area (Å²) in [5, 5.41) is 8.35. The third-order valence-corrected chi connectivity index (χ3v) is 2.61. The van der Waals surface area contributed by atoms with Crippen molar-refractivity contribution in [2.75, 3.05) is 5.32 Å². The van der Waals surface area contributed by atoms with E-state index < -0.39 is 0 Å². The number of urea groups is 1. The van der Waals surface area contributed by atoms with E-state index in [1.165, 1.54) is 6.92 Å². The summed E-state index contributed by atoms with van der Waals surface area (Å²) in [5.74, 6) is -0.105. The van der Waals surface area contributed by atoms with E-state index in [4.69, 9.17) is 0 Å². The molecule has 0 heterocycles. The molecule has 0 atom stereocenters. The summed E-state index contributed by atoms with van der Waals surface area (Å²) in [6, 6.07) is 7.63. The van der Waals surface area contributed by atoms with Gasteiger partial charge in [-0.05, 0) is 30.5 Å². The molecule has 18 heavy (non-hydrogen) atoms. The van der Waals surface area contributed by atoms with E-state index in [-0.39, 0.29) is 11.9 Å². The first-order valence-corrected chi connectivity index (χ1v) is 6.04. The van der Waals surface area contributed by atoms with Crippen molar-refractivity contribution in [1.82, 2.24) is 10.6 Å². The van der Waals surface area contributed by atoms with Gasteiger partial charge in [-0.25, -0.2) is 4.79 Å². The molecule has 0 bridgehead atoms. The molecule has 0 aliphatic heterocycles. The summed E-state index contributed by atoms with van der Waals surface area (Å²) in [5.41, 5.74) is 1.69. The van der Waals surface area contributed by atoms with E-state index in [0.29, 0.717) is 12.6 Å². The topological polar surface area (TPSA) is 70.2 Å². The average molecular weight is 247 g/mol. The summed E-state index contributed by atoms with van der Waals surface area (Å²) < 4.78 is 0. The Morgan fingerprint density at radius 3 is 2.78 bits per heavy atom. The van der Waals surface area contributed by atoms with Crippen molar-refractivity contribution < 1.29 is 9.59 Å². The highest BCUT2D eigenvalue weighted by Crippen LogP contribution is 2.18. The SMILES string of the molecule is CC(=O)Nc1cccc(CNC(=O)NC2CC2)c1. The van der Waals surface area contributed by atoms with Crippen LogP contribution < -0.4 is 16.0 Å². The molecule has 5 nitrogen and oxygen atoms in total. The monoisotopic (exact) mass is 247 g/mol. The van der Waals surface area contributed by atoms with Gasteiger partial charge in [0.2, 0.25) is 5.91 Å². The van der Waals surface area contributed by atoms with Gasteiger partial charge in [0.05, 0.1) is 0 Å². The lowest BCUT2D eigenvalue weighted by Crippen LogP contribution is -2.36. The largest absolute Gasteiger partial charge is 0.335 e. The summed E-state index contributed by atoms with van der Waals surface area (Å²) in [6.07, 6.45) is 2.15. The van der Waals surface area contributed by atoms with E-state index >= 15 is 0 Å². The summed E-state index contributed by atoms with van der Waals surface area (Å²) in [6.45, 7) is 1.92. The number of amides is 3. The maximum atomic E-state index is 11.4. The van der Waals surface area contributed by atoms with Crippen LogP contribution in [0.4, 0.5) is 10.5 Å². The predicted molar refractivity (Wildman–Crippen MR) is 69.1 cm³/mol. The third kappa shape index (κ3) is 4.08. The molecular weight excluding hydrogens is 230 g/mol. The van der Waals surface area contributed by atoms with Crippen LogP contribution >= 0.6 is 0 Å². The molecule has 3 amide bonds. The number of nitrogens with one attached hydrogen (secondary N) is 3. The molecule has 1 aliphatic carbocycles. The minimum atomic E-state index is -0.137. The van der Waals surface area contributed by atoms with Gasteiger partial charge in [0.15, 0.2) is 0 Å². The van der Waals surface area contributed by atoms with E-state index in [1.807, 2.05) is 24.3 Å². The first-order chi connectivity index (χ1) is 8.63. The molecule has 0 aromatic heterocycles. The van der Waals surface area contributed by atoms with Gasteiger partial charge in [-0.2, -0.15) is 0 Å². The fraction of sp³-hybridized carbons (Fsp3) is 0.385. The zero-order valence-corrected chi connectivity index (χ0v) is 10.3. The van der Waals surface area contributed by atoms with Crippen molar-refractivity contribution in [3.05, 3.63) is 29.8 Å². The number of carbonyl (C=O) groups excluding carboxylic acids is 2. The van der Waals surface area contributed by atoms with Crippen molar-refractivity contribution in [2.24, 2.45) is 0 Å². The maximum Gasteiger partial charge on any atom is 0.315 e. The van der Waals surface area contributed by atoms with Crippen LogP contribution in [0.3, 0.4) is 0 Å². The van der Waals surface area contributed by atoms with Gasteiger partial charge in [0.25, 0.3) is 0 Å². The lowest BCUT2D eigenvalue weighted by Gasteiger charge is -2.08. The zero-order valence-electron chi connectivity index (χ0n) is 10.3. The van der Waals surface area contributed by atoms with Crippen molar-refractivity contribution >= 4 is 17.6 Å². The Balaban J connectivity index is 1.84. The molecule has 0 radical (unpaired) electrons. The van der Waals surface area contributed by atoms with Crippen LogP contribution in [0.5, 0.6) is 0 Å². The molecule has 5 heteroatoms. The van der Waals surface area contributed by atoms with Gasteiger partial charge in [-0.1, -0.05) is 12.1 Å². The molecular formula is C13H17N3O2. The van der Waals surface area contributed by atoms with E-state index in [1.54, 1.807) is 0 Å². The molecule has 3 N–H and O–H groups in total. The second kappa shape index (κ2) is 5.53. The van der Waals surface area contributed by atoms with Crippen LogP contribution in [0.25, 0.3) is 0 Å². The maximum absolute atomic E-state index is 11.4. The standard InChI is InChI=1S/C13H17N3O2/c1-9(17)15-12-4-2-3-10(7-12)8-14-13(18)16-11-5-6-11/h2-4,7,11H,5-6,8H2,1H3,(H,15,17)(H2,14,16,18). The fourth-order valence-electron chi connectivity index (χ4n) is 1.61. The predicted octanol–water partition coefficient (Wildman–Crippen LogP) is 1.61. The Morgan fingerprint density at radius 1 is 1.33 bits per heavy atom. The number of hydrogen-bond donors (Lipinski definition) is 3. The van der Waals surface area contributed by atoms with Gasteiger partial charge in [-0.3, -0.25) is 4.79 Å². The number of benzene rings is 1. The minimum absolute atomic E-state index is 0.105. The molecule has 1 saturated carbocycles. The lowest BCUT2D eigenvalue weighted by molar-refractivity contribution is -0.114. The highest BCUT2D eigenvalue weighted by Gasteiger charge is 2.22. The first kappa shape index (κ1) is 12.4. The Labute approximate surface area is 106 Å². The molecule has 0 unspecified atom stereocenters. The molecule has 1 aromatic carbocycles. The van der Waals surface area contributed by atoms with Crippen LogP contribution in [0.1, 0.15) is 25.3 Å². The van der Waals surface area contributed by atoms with Crippen molar-refractivity contribution in [2.45, 2.75) is 32.4 Å². The van der Waals surface area contributed by atoms with Crippen molar-refractivity contribution in [1.29, 1.82) is 0 Å². The molecule has 1 aliphatic rings. The average Bonchev–Trinajstić information content (AvgIpc) is 3.10. The smallest absolute Gasteiger partial charge is 0.315 e. The van der Waals surface area contributed by atoms with E-state index in [9.17, 15) is 9.59 Å². The van der Waals surface area contributed by atoms with E-state index in [0.717, 1.165) is 24.1 Å². The molecule has 1 fully saturated rings. The Kier molecular flexibility index (Phi) is 3.82. The third-order valence-electron chi connectivity index (χ3n) is 2.61. The molecule has 2 rings (SSSR count). The highest BCUT2D eigenvalue weighted by molar-refractivity contribution is 5.88.